The summed E-state index contributed by atoms with van der Waals surface area (Å²) in [6.45, 7) is 3.83. The number of nitrogens with one attached hydrogen (secondary N) is 1. The molecule has 2 heterocycles. The van der Waals surface area contributed by atoms with Gasteiger partial charge in [0.25, 0.3) is 0 Å². The summed E-state index contributed by atoms with van der Waals surface area (Å²) in [4.78, 5) is 13.6. The zero-order valence-electron chi connectivity index (χ0n) is 14.1. The molecule has 1 saturated heterocycles. The van der Waals surface area contributed by atoms with Gasteiger partial charge in [-0.3, -0.25) is 15.0 Å². The second-order valence-electron chi connectivity index (χ2n) is 6.93. The summed E-state index contributed by atoms with van der Waals surface area (Å²) in [6, 6.07) is 0.968. The summed E-state index contributed by atoms with van der Waals surface area (Å²) < 4.78 is 1.60. The van der Waals surface area contributed by atoms with Crippen LogP contribution in [-0.4, -0.2) is 44.8 Å². The van der Waals surface area contributed by atoms with E-state index in [2.05, 4.69) is 15.3 Å². The highest BCUT2D eigenvalue weighted by molar-refractivity contribution is 5.59. The number of nitrogens with zero attached hydrogens (tertiary/aromatic N) is 4. The third kappa shape index (κ3) is 3.49. The van der Waals surface area contributed by atoms with E-state index in [4.69, 9.17) is 0 Å². The van der Waals surface area contributed by atoms with E-state index in [1.807, 2.05) is 0 Å². The lowest BCUT2D eigenvalue weighted by atomic mass is 9.92. The average Bonchev–Trinajstić information content (AvgIpc) is 2.82. The van der Waals surface area contributed by atoms with Crippen LogP contribution in [0.15, 0.2) is 0 Å². The second kappa shape index (κ2) is 6.86. The number of aromatic nitrogens is 2. The van der Waals surface area contributed by atoms with E-state index in [9.17, 15) is 10.1 Å². The molecule has 1 aliphatic heterocycles. The van der Waals surface area contributed by atoms with E-state index >= 15 is 0 Å². The summed E-state index contributed by atoms with van der Waals surface area (Å²) in [7, 11) is 1.77. The molecular weight excluding hydrogens is 294 g/mol. The van der Waals surface area contributed by atoms with Crippen molar-refractivity contribution in [3.05, 3.63) is 15.8 Å². The van der Waals surface area contributed by atoms with Gasteiger partial charge in [-0.2, -0.15) is 5.10 Å². The highest BCUT2D eigenvalue weighted by Gasteiger charge is 2.30. The molecule has 7 heteroatoms. The van der Waals surface area contributed by atoms with Crippen LogP contribution in [0.5, 0.6) is 0 Å². The zero-order valence-corrected chi connectivity index (χ0v) is 14.1. The van der Waals surface area contributed by atoms with E-state index in [1.54, 1.807) is 18.7 Å². The van der Waals surface area contributed by atoms with Gasteiger partial charge < -0.3 is 5.32 Å². The van der Waals surface area contributed by atoms with Crippen molar-refractivity contribution in [3.63, 3.8) is 0 Å². The normalized spacial score (nSPS) is 23.8. The quantitative estimate of drug-likeness (QED) is 0.681. The van der Waals surface area contributed by atoms with Gasteiger partial charge in [-0.15, -0.1) is 0 Å². The van der Waals surface area contributed by atoms with Gasteiger partial charge in [0.15, 0.2) is 0 Å². The molecule has 1 aliphatic carbocycles. The van der Waals surface area contributed by atoms with Crippen molar-refractivity contribution in [3.8, 4) is 0 Å². The zero-order chi connectivity index (χ0) is 16.4. The van der Waals surface area contributed by atoms with Crippen LogP contribution in [0.4, 0.5) is 11.5 Å². The second-order valence-corrected chi connectivity index (χ2v) is 6.93. The maximum atomic E-state index is 11.3. The highest BCUT2D eigenvalue weighted by Crippen LogP contribution is 2.30. The maximum absolute atomic E-state index is 11.3. The number of rotatable bonds is 4. The molecule has 3 rings (SSSR count). The summed E-state index contributed by atoms with van der Waals surface area (Å²) in [6.07, 6.45) is 8.86. The first-order chi connectivity index (χ1) is 11.1. The maximum Gasteiger partial charge on any atom is 0.333 e. The molecule has 1 N–H and O–H groups in total. The van der Waals surface area contributed by atoms with Gasteiger partial charge in [-0.05, 0) is 39.2 Å². The molecule has 23 heavy (non-hydrogen) atoms. The van der Waals surface area contributed by atoms with Crippen LogP contribution in [-0.2, 0) is 7.05 Å². The van der Waals surface area contributed by atoms with Crippen molar-refractivity contribution in [2.75, 3.05) is 18.4 Å². The Morgan fingerprint density at radius 1 is 1.22 bits per heavy atom. The Morgan fingerprint density at radius 2 is 1.96 bits per heavy atom. The third-order valence-corrected chi connectivity index (χ3v) is 5.26. The molecule has 0 radical (unpaired) electrons. The molecule has 1 atom stereocenters. The van der Waals surface area contributed by atoms with Gasteiger partial charge in [0, 0.05) is 25.7 Å². The first kappa shape index (κ1) is 16.2. The predicted octanol–water partition coefficient (Wildman–Crippen LogP) is 2.85. The van der Waals surface area contributed by atoms with Crippen LogP contribution in [0, 0.1) is 17.0 Å². The number of aryl methyl sites for hydroxylation is 2. The lowest BCUT2D eigenvalue weighted by Gasteiger charge is -2.40. The molecule has 0 spiro atoms. The van der Waals surface area contributed by atoms with E-state index in [0.717, 1.165) is 25.9 Å². The molecule has 0 bridgehead atoms. The Kier molecular flexibility index (Phi) is 4.84. The minimum absolute atomic E-state index is 0.113. The Labute approximate surface area is 137 Å². The van der Waals surface area contributed by atoms with Crippen molar-refractivity contribution in [1.82, 2.24) is 14.7 Å². The minimum Gasteiger partial charge on any atom is -0.361 e. The van der Waals surface area contributed by atoms with Gasteiger partial charge in [-0.25, -0.2) is 4.68 Å². The molecule has 128 valence electrons. The van der Waals surface area contributed by atoms with Crippen molar-refractivity contribution >= 4 is 11.5 Å². The molecule has 1 unspecified atom stereocenters. The smallest absolute Gasteiger partial charge is 0.333 e. The Hall–Kier alpha value is -1.63. The largest absolute Gasteiger partial charge is 0.361 e. The van der Waals surface area contributed by atoms with Crippen LogP contribution >= 0.6 is 0 Å². The number of nitro groups is 1. The summed E-state index contributed by atoms with van der Waals surface area (Å²) in [5, 5.41) is 18.9. The van der Waals surface area contributed by atoms with Crippen LogP contribution < -0.4 is 5.32 Å². The molecule has 0 aromatic carbocycles. The summed E-state index contributed by atoms with van der Waals surface area (Å²) >= 11 is 0. The summed E-state index contributed by atoms with van der Waals surface area (Å²) in [5.74, 6) is 0.544. The Bertz CT molecular complexity index is 565. The van der Waals surface area contributed by atoms with E-state index in [0.29, 0.717) is 17.6 Å². The molecule has 1 aromatic rings. The van der Waals surface area contributed by atoms with Crippen LogP contribution in [0.3, 0.4) is 0 Å². The van der Waals surface area contributed by atoms with Crippen LogP contribution in [0.25, 0.3) is 0 Å². The molecule has 1 saturated carbocycles. The third-order valence-electron chi connectivity index (χ3n) is 5.26. The summed E-state index contributed by atoms with van der Waals surface area (Å²) in [5.41, 5.74) is 0.585. The van der Waals surface area contributed by atoms with E-state index in [1.165, 1.54) is 32.1 Å². The van der Waals surface area contributed by atoms with E-state index < -0.39 is 0 Å². The minimum atomic E-state index is -0.327. The predicted molar refractivity (Wildman–Crippen MR) is 89.7 cm³/mol. The van der Waals surface area contributed by atoms with Gasteiger partial charge in [-0.1, -0.05) is 19.3 Å². The monoisotopic (exact) mass is 321 g/mol. The van der Waals surface area contributed by atoms with Gasteiger partial charge >= 0.3 is 5.69 Å². The van der Waals surface area contributed by atoms with Crippen molar-refractivity contribution in [2.45, 2.75) is 64.0 Å². The van der Waals surface area contributed by atoms with Crippen LogP contribution in [0.1, 0.15) is 50.6 Å². The van der Waals surface area contributed by atoms with Crippen molar-refractivity contribution < 1.29 is 4.92 Å². The molecule has 2 fully saturated rings. The SMILES string of the molecule is Cc1nn(C)c(NC2CCCN(C3CCCCC3)C2)c1[N+](=O)[O-]. The fourth-order valence-electron chi connectivity index (χ4n) is 4.12. The van der Waals surface area contributed by atoms with Crippen molar-refractivity contribution in [1.29, 1.82) is 0 Å². The standard InChI is InChI=1S/C16H27N5O2/c1-12-15(21(22)23)16(19(2)18-12)17-13-7-6-10-20(11-13)14-8-4-3-5-9-14/h13-14,17H,3-11H2,1-2H3. The number of piperidine rings is 1. The number of likely N-dealkylation sites (tertiary alicyclic amines) is 1. The lowest BCUT2D eigenvalue weighted by Crippen LogP contribution is -2.47. The van der Waals surface area contributed by atoms with Gasteiger partial charge in [0.05, 0.1) is 4.92 Å². The molecule has 7 nitrogen and oxygen atoms in total. The highest BCUT2D eigenvalue weighted by atomic mass is 16.6. The molecule has 2 aliphatic rings. The fourth-order valence-corrected chi connectivity index (χ4v) is 4.12. The van der Waals surface area contributed by atoms with Gasteiger partial charge in [0.2, 0.25) is 5.82 Å². The average molecular weight is 321 g/mol. The number of anilines is 1. The Balaban J connectivity index is 1.69. The Morgan fingerprint density at radius 3 is 2.65 bits per heavy atom. The fraction of sp³-hybridized carbons (Fsp3) is 0.812. The molecular formula is C16H27N5O2. The van der Waals surface area contributed by atoms with E-state index in [-0.39, 0.29) is 16.7 Å². The molecule has 0 amide bonds. The number of hydrogen-bond donors (Lipinski definition) is 1. The van der Waals surface area contributed by atoms with Gasteiger partial charge in [0.1, 0.15) is 5.69 Å². The first-order valence-electron chi connectivity index (χ1n) is 8.75. The molecule has 1 aromatic heterocycles. The van der Waals surface area contributed by atoms with Crippen LogP contribution in [0.2, 0.25) is 0 Å². The number of hydrogen-bond acceptors (Lipinski definition) is 5. The lowest BCUT2D eigenvalue weighted by molar-refractivity contribution is -0.384. The topological polar surface area (TPSA) is 76.2 Å². The van der Waals surface area contributed by atoms with Crippen molar-refractivity contribution in [2.24, 2.45) is 7.05 Å². The first-order valence-corrected chi connectivity index (χ1v) is 8.75.